The van der Waals surface area contributed by atoms with Gasteiger partial charge in [-0.1, -0.05) is 20.3 Å². The van der Waals surface area contributed by atoms with Crippen LogP contribution in [-0.4, -0.2) is 69.2 Å². The number of rotatable bonds is 11. The monoisotopic (exact) mass is 449 g/mol. The van der Waals surface area contributed by atoms with Crippen LogP contribution in [0.3, 0.4) is 0 Å². The van der Waals surface area contributed by atoms with Gasteiger partial charge >= 0.3 is 0 Å². The number of hydrogen-bond acceptors (Lipinski definition) is 6. The number of Topliss-reactive ketones (excluding diaryl/α,β-unsaturated/α-hetero) is 1. The molecule has 2 heterocycles. The first-order valence-corrected chi connectivity index (χ1v) is 16.2. The highest BCUT2D eigenvalue weighted by Gasteiger charge is 2.45. The second-order valence-corrected chi connectivity index (χ2v) is 20.6. The molecule has 0 N–H and O–H groups in total. The Labute approximate surface area is 177 Å². The Balaban J connectivity index is 1.68. The zero-order valence-corrected chi connectivity index (χ0v) is 20.1. The lowest BCUT2D eigenvalue weighted by Gasteiger charge is -2.60. The van der Waals surface area contributed by atoms with Crippen molar-refractivity contribution in [1.82, 2.24) is 4.90 Å². The molecule has 0 aliphatic carbocycles. The van der Waals surface area contributed by atoms with Crippen molar-refractivity contribution in [1.29, 1.82) is 0 Å². The molecular weight excluding hydrogens is 414 g/mol. The number of ketones is 1. The zero-order valence-electron chi connectivity index (χ0n) is 17.6. The number of carbonyl (C=O) groups excluding carboxylic acids is 4. The van der Waals surface area contributed by atoms with Gasteiger partial charge in [0.05, 0.1) is 5.25 Å². The van der Waals surface area contributed by atoms with Gasteiger partial charge in [-0.3, -0.25) is 24.1 Å². The van der Waals surface area contributed by atoms with Crippen molar-refractivity contribution < 1.29 is 19.2 Å². The molecule has 0 aromatic rings. The van der Waals surface area contributed by atoms with E-state index in [9.17, 15) is 19.2 Å². The topological polar surface area (TPSA) is 71.5 Å². The predicted octanol–water partition coefficient (Wildman–Crippen LogP) is 3.54. The third kappa shape index (κ3) is 5.79. The minimum Gasteiger partial charge on any atom is -0.299 e. The minimum absolute atomic E-state index is 0.0713. The van der Waals surface area contributed by atoms with Crippen molar-refractivity contribution >= 4 is 53.5 Å². The van der Waals surface area contributed by atoms with Crippen LogP contribution in [-0.2, 0) is 19.2 Å². The maximum atomic E-state index is 12.6. The Hall–Kier alpha value is -0.470. The first-order chi connectivity index (χ1) is 13.0. The average Bonchev–Trinajstić information content (AvgIpc) is 2.87. The van der Waals surface area contributed by atoms with Crippen LogP contribution in [0.25, 0.3) is 0 Å². The molecule has 0 radical (unpaired) electrons. The molecule has 1 unspecified atom stereocenters. The standard InChI is InChI=1S/C20H35NO4S3/c1-15(2)16(22)8-6-5-7-10-21-18(23)14-17(20(21)25)26-11-9-19(24)28(3,4)13-12-27-28/h15,17,28H,5-14H2,1-4H3. The van der Waals surface area contributed by atoms with Crippen LogP contribution < -0.4 is 0 Å². The second-order valence-electron chi connectivity index (χ2n) is 8.85. The molecule has 2 rings (SSSR count). The van der Waals surface area contributed by atoms with Crippen LogP contribution in [0.4, 0.5) is 0 Å². The molecule has 2 amide bonds. The number of nitrogens with zero attached hydrogens (tertiary/aromatic N) is 1. The third-order valence-corrected chi connectivity index (χ3v) is 16.0. The summed E-state index contributed by atoms with van der Waals surface area (Å²) < 4.78 is 0. The second kappa shape index (κ2) is 9.56. The summed E-state index contributed by atoms with van der Waals surface area (Å²) in [6, 6.07) is 0. The smallest absolute Gasteiger partial charge is 0.242 e. The summed E-state index contributed by atoms with van der Waals surface area (Å²) in [5.41, 5.74) is 0. The summed E-state index contributed by atoms with van der Waals surface area (Å²) in [5.74, 6) is 2.87. The maximum Gasteiger partial charge on any atom is 0.242 e. The summed E-state index contributed by atoms with van der Waals surface area (Å²) in [7, 11) is -0.314. The van der Waals surface area contributed by atoms with Gasteiger partial charge in [-0.2, -0.15) is 0 Å². The molecule has 2 aliphatic rings. The van der Waals surface area contributed by atoms with Gasteiger partial charge in [0.1, 0.15) is 5.78 Å². The van der Waals surface area contributed by atoms with E-state index < -0.39 is 8.19 Å². The molecule has 5 nitrogen and oxygen atoms in total. The Morgan fingerprint density at radius 3 is 2.43 bits per heavy atom. The molecule has 28 heavy (non-hydrogen) atoms. The molecule has 8 heteroatoms. The normalized spacial score (nSPS) is 24.7. The van der Waals surface area contributed by atoms with Gasteiger partial charge in [0.2, 0.25) is 11.8 Å². The van der Waals surface area contributed by atoms with Gasteiger partial charge in [-0.25, -0.2) is 8.19 Å². The summed E-state index contributed by atoms with van der Waals surface area (Å²) >= 11 is 1.46. The van der Waals surface area contributed by atoms with E-state index in [2.05, 4.69) is 12.5 Å². The third-order valence-electron chi connectivity index (χ3n) is 5.81. The number of thiol groups is 1. The first-order valence-electron chi connectivity index (χ1n) is 10.2. The molecule has 162 valence electrons. The van der Waals surface area contributed by atoms with Crippen molar-refractivity contribution in [2.45, 2.75) is 57.6 Å². The Kier molecular flexibility index (Phi) is 8.13. The van der Waals surface area contributed by atoms with E-state index >= 15 is 0 Å². The Morgan fingerprint density at radius 2 is 1.86 bits per heavy atom. The minimum atomic E-state index is -2.15. The van der Waals surface area contributed by atoms with Crippen molar-refractivity contribution in [2.24, 2.45) is 5.92 Å². The highest BCUT2D eigenvalue weighted by molar-refractivity contribution is 9.10. The number of amides is 2. The molecule has 0 aromatic carbocycles. The van der Waals surface area contributed by atoms with Crippen molar-refractivity contribution in [3.63, 3.8) is 0 Å². The predicted molar refractivity (Wildman–Crippen MR) is 124 cm³/mol. The van der Waals surface area contributed by atoms with Gasteiger partial charge < -0.3 is 0 Å². The van der Waals surface area contributed by atoms with Crippen molar-refractivity contribution in [3.8, 4) is 0 Å². The van der Waals surface area contributed by atoms with Crippen LogP contribution in [0.2, 0.25) is 0 Å². The molecule has 0 bridgehead atoms. The van der Waals surface area contributed by atoms with Gasteiger partial charge in [-0.05, 0) is 31.1 Å². The van der Waals surface area contributed by atoms with E-state index in [0.29, 0.717) is 30.3 Å². The zero-order chi connectivity index (χ0) is 21.0. The van der Waals surface area contributed by atoms with Gasteiger partial charge in [0, 0.05) is 43.2 Å². The lowest BCUT2D eigenvalue weighted by Crippen LogP contribution is -2.34. The quantitative estimate of drug-likeness (QED) is 0.225. The lowest BCUT2D eigenvalue weighted by atomic mass is 10.0. The van der Waals surface area contributed by atoms with Crippen LogP contribution in [0.5, 0.6) is 0 Å². The van der Waals surface area contributed by atoms with Crippen LogP contribution >= 0.6 is 30.7 Å². The fourth-order valence-corrected chi connectivity index (χ4v) is 11.0. The van der Waals surface area contributed by atoms with Crippen LogP contribution in [0, 0.1) is 5.92 Å². The average molecular weight is 450 g/mol. The molecule has 2 fully saturated rings. The summed E-state index contributed by atoms with van der Waals surface area (Å²) in [5, 5.41) is 0.0393. The van der Waals surface area contributed by atoms with Crippen molar-refractivity contribution in [2.75, 3.05) is 36.3 Å². The van der Waals surface area contributed by atoms with E-state index in [-0.39, 0.29) is 35.2 Å². The van der Waals surface area contributed by atoms with Gasteiger partial charge in [-0.15, -0.1) is 22.6 Å². The fraction of sp³-hybridized carbons (Fsp3) is 0.800. The van der Waals surface area contributed by atoms with E-state index in [4.69, 9.17) is 0 Å². The van der Waals surface area contributed by atoms with E-state index in [1.54, 1.807) is 0 Å². The summed E-state index contributed by atoms with van der Waals surface area (Å²) in [6.07, 6.45) is 8.02. The van der Waals surface area contributed by atoms with Crippen molar-refractivity contribution in [3.05, 3.63) is 0 Å². The molecular formula is C20H35NO4S3. The number of hydrogen-bond donors (Lipinski definition) is 1. The molecule has 0 aromatic heterocycles. The Morgan fingerprint density at radius 1 is 1.18 bits per heavy atom. The molecule has 0 spiro atoms. The SMILES string of the molecule is CC(C)C(=O)CCCCCN1C(=O)CC(SCCC(=O)[SH]2(C)(C)CCS2)C1=O. The number of thioether (sulfide) groups is 1. The highest BCUT2D eigenvalue weighted by atomic mass is 33.2. The number of likely N-dealkylation sites (tertiary alicyclic amines) is 1. The molecule has 2 saturated heterocycles. The lowest BCUT2D eigenvalue weighted by molar-refractivity contribution is -0.138. The number of carbonyl (C=O) groups is 4. The van der Waals surface area contributed by atoms with Gasteiger partial charge in [0.25, 0.3) is 0 Å². The first kappa shape index (κ1) is 23.8. The highest BCUT2D eigenvalue weighted by Crippen LogP contribution is 2.81. The fourth-order valence-electron chi connectivity index (χ4n) is 3.43. The van der Waals surface area contributed by atoms with Crippen LogP contribution in [0.15, 0.2) is 0 Å². The van der Waals surface area contributed by atoms with E-state index in [1.165, 1.54) is 16.7 Å². The van der Waals surface area contributed by atoms with Crippen LogP contribution in [0.1, 0.15) is 52.4 Å². The van der Waals surface area contributed by atoms with Gasteiger partial charge in [0.15, 0.2) is 5.12 Å². The largest absolute Gasteiger partial charge is 0.299 e. The van der Waals surface area contributed by atoms with E-state index in [1.807, 2.05) is 24.6 Å². The number of imide groups is 1. The molecule has 1 atom stereocenters. The molecule has 2 aliphatic heterocycles. The Bertz CT molecular complexity index is 639. The molecule has 0 saturated carbocycles. The summed E-state index contributed by atoms with van der Waals surface area (Å²) in [6.45, 7) is 4.26. The van der Waals surface area contributed by atoms with E-state index in [0.717, 1.165) is 30.8 Å². The maximum absolute atomic E-state index is 12.6. The summed E-state index contributed by atoms with van der Waals surface area (Å²) in [4.78, 5) is 50.3. The number of unbranched alkanes of at least 4 members (excludes halogenated alkanes) is 2.